The van der Waals surface area contributed by atoms with Crippen molar-refractivity contribution in [2.24, 2.45) is 0 Å². The second-order valence-electron chi connectivity index (χ2n) is 7.13. The largest absolute Gasteiger partial charge is 0.419 e. The Morgan fingerprint density at radius 1 is 1.19 bits per heavy atom. The summed E-state index contributed by atoms with van der Waals surface area (Å²) in [5.74, 6) is 0.231. The first-order chi connectivity index (χ1) is 15.5. The van der Waals surface area contributed by atoms with Crippen LogP contribution < -0.4 is 0 Å². The fourth-order valence-corrected chi connectivity index (χ4v) is 4.23. The van der Waals surface area contributed by atoms with Gasteiger partial charge >= 0.3 is 0 Å². The molecule has 32 heavy (non-hydrogen) atoms. The van der Waals surface area contributed by atoms with E-state index in [-0.39, 0.29) is 24.7 Å². The van der Waals surface area contributed by atoms with Gasteiger partial charge in [-0.1, -0.05) is 42.8 Å². The molecule has 0 radical (unpaired) electrons. The molecule has 2 aromatic heterocycles. The quantitative estimate of drug-likeness (QED) is 0.333. The van der Waals surface area contributed by atoms with E-state index in [1.807, 2.05) is 24.4 Å². The van der Waals surface area contributed by atoms with Crippen LogP contribution in [-0.4, -0.2) is 32.5 Å². The third kappa shape index (κ3) is 5.20. The fraction of sp³-hybridized carbons (Fsp3) is 0.217. The van der Waals surface area contributed by atoms with Crippen LogP contribution in [0.15, 0.2) is 58.3 Å². The summed E-state index contributed by atoms with van der Waals surface area (Å²) >= 11 is 7.58. The first-order valence-electron chi connectivity index (χ1n) is 10.1. The van der Waals surface area contributed by atoms with Gasteiger partial charge in [0.2, 0.25) is 17.7 Å². The molecule has 0 fully saturated rings. The van der Waals surface area contributed by atoms with Crippen LogP contribution in [0.4, 0.5) is 4.39 Å². The zero-order valence-corrected chi connectivity index (χ0v) is 18.9. The molecule has 164 valence electrons. The number of halogens is 2. The number of hydrogen-bond donors (Lipinski definition) is 0. The Morgan fingerprint density at radius 2 is 2.03 bits per heavy atom. The van der Waals surface area contributed by atoms with Crippen molar-refractivity contribution in [2.45, 2.75) is 26.3 Å². The first-order valence-corrected chi connectivity index (χ1v) is 11.3. The molecule has 0 aliphatic carbocycles. The molecule has 0 atom stereocenters. The minimum atomic E-state index is -0.319. The minimum absolute atomic E-state index is 0.0968. The highest BCUT2D eigenvalue weighted by molar-refractivity contribution is 7.13. The molecule has 0 spiro atoms. The highest BCUT2D eigenvalue weighted by atomic mass is 35.5. The number of nitrogens with zero attached hydrogens (tertiary/aromatic N) is 4. The standard InChI is InChI=1S/C23H20ClFN4O2S/c1-2-10-29(13-20-27-28-22(31-20)18-8-3-4-9-19(18)24)21(30)12-17-14-32-23(26-17)15-6-5-7-16(25)11-15/h3-9,11,14H,2,10,12-13H2,1H3. The third-order valence-corrected chi connectivity index (χ3v) is 5.97. The van der Waals surface area contributed by atoms with Gasteiger partial charge in [-0.05, 0) is 30.7 Å². The molecular formula is C23H20ClFN4O2S. The lowest BCUT2D eigenvalue weighted by molar-refractivity contribution is -0.131. The Labute approximate surface area is 193 Å². The van der Waals surface area contributed by atoms with Gasteiger partial charge in [-0.2, -0.15) is 0 Å². The topological polar surface area (TPSA) is 72.1 Å². The highest BCUT2D eigenvalue weighted by Gasteiger charge is 2.20. The molecule has 0 saturated carbocycles. The summed E-state index contributed by atoms with van der Waals surface area (Å²) in [7, 11) is 0. The Bertz CT molecular complexity index is 1230. The summed E-state index contributed by atoms with van der Waals surface area (Å²) in [5.41, 5.74) is 1.98. The molecule has 1 amide bonds. The van der Waals surface area contributed by atoms with E-state index in [0.717, 1.165) is 6.42 Å². The van der Waals surface area contributed by atoms with Crippen LogP contribution in [0.2, 0.25) is 5.02 Å². The Balaban J connectivity index is 1.45. The van der Waals surface area contributed by atoms with E-state index in [4.69, 9.17) is 16.0 Å². The van der Waals surface area contributed by atoms with Crippen LogP contribution in [0.3, 0.4) is 0 Å². The first kappa shape index (κ1) is 22.1. The number of rotatable bonds is 8. The molecule has 2 heterocycles. The van der Waals surface area contributed by atoms with Gasteiger partial charge in [0.25, 0.3) is 0 Å². The summed E-state index contributed by atoms with van der Waals surface area (Å²) in [5, 5.41) is 11.2. The van der Waals surface area contributed by atoms with Crippen LogP contribution in [0.5, 0.6) is 0 Å². The van der Waals surface area contributed by atoms with Crippen LogP contribution >= 0.6 is 22.9 Å². The molecular weight excluding hydrogens is 451 g/mol. The summed E-state index contributed by atoms with van der Waals surface area (Å²) in [4.78, 5) is 19.1. The molecule has 0 bridgehead atoms. The van der Waals surface area contributed by atoms with Gasteiger partial charge in [0.15, 0.2) is 0 Å². The van der Waals surface area contributed by atoms with Gasteiger partial charge in [-0.3, -0.25) is 4.79 Å². The van der Waals surface area contributed by atoms with Gasteiger partial charge in [0, 0.05) is 17.5 Å². The predicted molar refractivity (Wildman–Crippen MR) is 122 cm³/mol. The summed E-state index contributed by atoms with van der Waals surface area (Å²) in [6, 6.07) is 13.5. The van der Waals surface area contributed by atoms with Crippen molar-refractivity contribution in [1.29, 1.82) is 0 Å². The van der Waals surface area contributed by atoms with Crippen molar-refractivity contribution in [3.63, 3.8) is 0 Å². The van der Waals surface area contributed by atoms with Crippen molar-refractivity contribution >= 4 is 28.8 Å². The maximum absolute atomic E-state index is 13.5. The summed E-state index contributed by atoms with van der Waals surface area (Å²) in [6.07, 6.45) is 0.917. The number of carbonyl (C=O) groups excluding carboxylic acids is 1. The smallest absolute Gasteiger partial charge is 0.249 e. The lowest BCUT2D eigenvalue weighted by atomic mass is 10.2. The molecule has 2 aromatic carbocycles. The number of amides is 1. The zero-order valence-electron chi connectivity index (χ0n) is 17.3. The minimum Gasteiger partial charge on any atom is -0.419 e. The fourth-order valence-electron chi connectivity index (χ4n) is 3.20. The lowest BCUT2D eigenvalue weighted by Gasteiger charge is -2.19. The van der Waals surface area contributed by atoms with Crippen molar-refractivity contribution in [3.8, 4) is 22.0 Å². The Morgan fingerprint density at radius 3 is 2.81 bits per heavy atom. The van der Waals surface area contributed by atoms with Crippen molar-refractivity contribution in [2.75, 3.05) is 6.54 Å². The number of benzene rings is 2. The number of hydrogen-bond acceptors (Lipinski definition) is 6. The van der Waals surface area contributed by atoms with E-state index in [1.165, 1.54) is 23.5 Å². The monoisotopic (exact) mass is 470 g/mol. The SMILES string of the molecule is CCCN(Cc1nnc(-c2ccccc2Cl)o1)C(=O)Cc1csc(-c2cccc(F)c2)n1. The number of thiazole rings is 1. The van der Waals surface area contributed by atoms with Gasteiger partial charge in [0.1, 0.15) is 10.8 Å². The molecule has 9 heteroatoms. The molecule has 0 aliphatic rings. The lowest BCUT2D eigenvalue weighted by Crippen LogP contribution is -2.32. The zero-order chi connectivity index (χ0) is 22.5. The van der Waals surface area contributed by atoms with E-state index in [9.17, 15) is 9.18 Å². The van der Waals surface area contributed by atoms with E-state index in [1.54, 1.807) is 29.2 Å². The molecule has 4 aromatic rings. The second kappa shape index (κ2) is 10.0. The van der Waals surface area contributed by atoms with Crippen molar-refractivity contribution in [1.82, 2.24) is 20.1 Å². The van der Waals surface area contributed by atoms with E-state index in [2.05, 4.69) is 15.2 Å². The molecule has 4 rings (SSSR count). The summed E-state index contributed by atoms with van der Waals surface area (Å²) < 4.78 is 19.2. The van der Waals surface area contributed by atoms with E-state index < -0.39 is 0 Å². The second-order valence-corrected chi connectivity index (χ2v) is 8.39. The predicted octanol–water partition coefficient (Wildman–Crippen LogP) is 5.63. The van der Waals surface area contributed by atoms with Gasteiger partial charge < -0.3 is 9.32 Å². The van der Waals surface area contributed by atoms with Crippen LogP contribution in [0.25, 0.3) is 22.0 Å². The van der Waals surface area contributed by atoms with Crippen LogP contribution in [0.1, 0.15) is 24.9 Å². The Hall–Kier alpha value is -3.10. The number of aromatic nitrogens is 3. The normalized spacial score (nSPS) is 11.0. The van der Waals surface area contributed by atoms with Gasteiger partial charge in [0.05, 0.1) is 29.2 Å². The third-order valence-electron chi connectivity index (χ3n) is 4.70. The summed E-state index contributed by atoms with van der Waals surface area (Å²) in [6.45, 7) is 2.74. The maximum Gasteiger partial charge on any atom is 0.249 e. The van der Waals surface area contributed by atoms with E-state index in [0.29, 0.717) is 45.2 Å². The van der Waals surface area contributed by atoms with Crippen LogP contribution in [-0.2, 0) is 17.8 Å². The van der Waals surface area contributed by atoms with Crippen molar-refractivity contribution in [3.05, 3.63) is 76.3 Å². The molecule has 6 nitrogen and oxygen atoms in total. The average molecular weight is 471 g/mol. The molecule has 0 saturated heterocycles. The van der Waals surface area contributed by atoms with Crippen molar-refractivity contribution < 1.29 is 13.6 Å². The molecule has 0 unspecified atom stereocenters. The highest BCUT2D eigenvalue weighted by Crippen LogP contribution is 2.27. The van der Waals surface area contributed by atoms with Gasteiger partial charge in [-0.15, -0.1) is 21.5 Å². The molecule has 0 aliphatic heterocycles. The number of carbonyl (C=O) groups is 1. The van der Waals surface area contributed by atoms with E-state index >= 15 is 0 Å². The maximum atomic E-state index is 13.5. The van der Waals surface area contributed by atoms with Crippen LogP contribution in [0, 0.1) is 5.82 Å². The molecule has 0 N–H and O–H groups in total. The average Bonchev–Trinajstić information content (AvgIpc) is 3.43. The van der Waals surface area contributed by atoms with Gasteiger partial charge in [-0.25, -0.2) is 9.37 Å². The Kier molecular flexibility index (Phi) is 6.92.